The van der Waals surface area contributed by atoms with Crippen LogP contribution in [-0.2, 0) is 10.0 Å². The molecule has 0 bridgehead atoms. The molecule has 1 aromatic rings. The Morgan fingerprint density at radius 3 is 2.20 bits per heavy atom. The molecule has 0 aromatic heterocycles. The molecule has 0 atom stereocenters. The molecule has 0 aliphatic carbocycles. The van der Waals surface area contributed by atoms with Crippen LogP contribution in [0.25, 0.3) is 0 Å². The molecule has 0 radical (unpaired) electrons. The third-order valence-corrected chi connectivity index (χ3v) is 5.48. The first-order valence-corrected chi connectivity index (χ1v) is 8.30. The van der Waals surface area contributed by atoms with Crippen molar-refractivity contribution in [1.82, 2.24) is 4.72 Å². The van der Waals surface area contributed by atoms with Crippen LogP contribution in [0.2, 0.25) is 0 Å². The van der Waals surface area contributed by atoms with Gasteiger partial charge in [-0.25, -0.2) is 13.1 Å². The summed E-state index contributed by atoms with van der Waals surface area (Å²) in [4.78, 5) is 0.119. The number of hydrogen-bond acceptors (Lipinski definition) is 4. The van der Waals surface area contributed by atoms with Gasteiger partial charge >= 0.3 is 0 Å². The maximum absolute atomic E-state index is 12.6. The highest BCUT2D eigenvalue weighted by molar-refractivity contribution is 7.89. The van der Waals surface area contributed by atoms with E-state index in [9.17, 15) is 8.42 Å². The molecule has 0 amide bonds. The van der Waals surface area contributed by atoms with Crippen LogP contribution in [0.3, 0.4) is 0 Å². The van der Waals surface area contributed by atoms with E-state index in [0.29, 0.717) is 5.69 Å². The van der Waals surface area contributed by atoms with Gasteiger partial charge in [-0.1, -0.05) is 20.8 Å². The number of anilines is 1. The Balaban J connectivity index is 3.24. The number of rotatable bonds is 7. The van der Waals surface area contributed by atoms with Crippen LogP contribution < -0.4 is 15.2 Å². The summed E-state index contributed by atoms with van der Waals surface area (Å²) in [6, 6.07) is 4.55. The maximum Gasteiger partial charge on any atom is 0.244 e. The van der Waals surface area contributed by atoms with E-state index in [2.05, 4.69) is 4.72 Å². The summed E-state index contributed by atoms with van der Waals surface area (Å²) >= 11 is 0. The van der Waals surface area contributed by atoms with E-state index in [1.54, 1.807) is 6.07 Å². The average Bonchev–Trinajstić information content (AvgIpc) is 2.44. The molecular formula is C14H24N2O3S. The van der Waals surface area contributed by atoms with Gasteiger partial charge in [-0.3, -0.25) is 0 Å². The largest absolute Gasteiger partial charge is 0.495 e. The summed E-state index contributed by atoms with van der Waals surface area (Å²) < 4.78 is 33.1. The predicted molar refractivity (Wildman–Crippen MR) is 81.3 cm³/mol. The normalized spacial score (nSPS) is 12.4. The Morgan fingerprint density at radius 2 is 1.75 bits per heavy atom. The van der Waals surface area contributed by atoms with Gasteiger partial charge in [-0.15, -0.1) is 0 Å². The molecule has 3 N–H and O–H groups in total. The summed E-state index contributed by atoms with van der Waals surface area (Å²) in [6.07, 6.45) is 2.20. The van der Waals surface area contributed by atoms with Crippen molar-refractivity contribution in [2.45, 2.75) is 50.5 Å². The van der Waals surface area contributed by atoms with Crippen molar-refractivity contribution in [3.63, 3.8) is 0 Å². The van der Waals surface area contributed by atoms with Crippen LogP contribution in [0.5, 0.6) is 5.75 Å². The zero-order valence-corrected chi connectivity index (χ0v) is 13.4. The van der Waals surface area contributed by atoms with Gasteiger partial charge in [-0.05, 0) is 31.4 Å². The van der Waals surface area contributed by atoms with Crippen molar-refractivity contribution in [1.29, 1.82) is 0 Å². The van der Waals surface area contributed by atoms with E-state index >= 15 is 0 Å². The van der Waals surface area contributed by atoms with Crippen molar-refractivity contribution >= 4 is 15.7 Å². The van der Waals surface area contributed by atoms with Gasteiger partial charge in [0.25, 0.3) is 0 Å². The van der Waals surface area contributed by atoms with Crippen LogP contribution in [0, 0.1) is 0 Å². The second-order valence-corrected chi connectivity index (χ2v) is 6.51. The zero-order valence-electron chi connectivity index (χ0n) is 12.6. The monoisotopic (exact) mass is 300 g/mol. The Labute approximate surface area is 121 Å². The van der Waals surface area contributed by atoms with E-state index in [-0.39, 0.29) is 10.6 Å². The standard InChI is InChI=1S/C14H24N2O3S/c1-5-14(6-2,7-3)16-20(17,18)13-9-8-11(15)10-12(13)19-4/h8-10,16H,5-7,15H2,1-4H3. The summed E-state index contributed by atoms with van der Waals surface area (Å²) in [6.45, 7) is 5.95. The predicted octanol–water partition coefficient (Wildman–Crippen LogP) is 2.52. The van der Waals surface area contributed by atoms with Crippen molar-refractivity contribution in [2.24, 2.45) is 0 Å². The number of sulfonamides is 1. The van der Waals surface area contributed by atoms with Crippen molar-refractivity contribution in [3.8, 4) is 5.75 Å². The summed E-state index contributed by atoms with van der Waals surface area (Å²) in [5.74, 6) is 0.259. The Hall–Kier alpha value is -1.27. The number of hydrogen-bond donors (Lipinski definition) is 2. The van der Waals surface area contributed by atoms with Gasteiger partial charge in [-0.2, -0.15) is 0 Å². The minimum atomic E-state index is -3.64. The van der Waals surface area contributed by atoms with Gasteiger partial charge in [0.2, 0.25) is 10.0 Å². The first-order valence-electron chi connectivity index (χ1n) is 6.81. The van der Waals surface area contributed by atoms with Crippen LogP contribution in [0.4, 0.5) is 5.69 Å². The first-order chi connectivity index (χ1) is 9.34. The molecule has 0 saturated carbocycles. The van der Waals surface area contributed by atoms with E-state index in [4.69, 9.17) is 10.5 Å². The fourth-order valence-corrected chi connectivity index (χ4v) is 3.98. The summed E-state index contributed by atoms with van der Waals surface area (Å²) in [7, 11) is -2.21. The number of nitrogens with two attached hydrogens (primary N) is 1. The molecule has 0 spiro atoms. The lowest BCUT2D eigenvalue weighted by molar-refractivity contribution is 0.340. The molecule has 1 rings (SSSR count). The molecule has 20 heavy (non-hydrogen) atoms. The second kappa shape index (κ2) is 6.45. The van der Waals surface area contributed by atoms with Crippen molar-refractivity contribution in [2.75, 3.05) is 12.8 Å². The molecule has 0 unspecified atom stereocenters. The maximum atomic E-state index is 12.6. The van der Waals surface area contributed by atoms with Gasteiger partial charge in [0.1, 0.15) is 10.6 Å². The topological polar surface area (TPSA) is 81.4 Å². The number of methoxy groups -OCH3 is 1. The molecule has 1 aromatic carbocycles. The molecule has 0 aliphatic rings. The number of nitrogens with one attached hydrogen (secondary N) is 1. The molecule has 5 nitrogen and oxygen atoms in total. The summed E-state index contributed by atoms with van der Waals surface area (Å²) in [5, 5.41) is 0. The van der Waals surface area contributed by atoms with Crippen LogP contribution in [0.1, 0.15) is 40.0 Å². The Kier molecular flexibility index (Phi) is 5.42. The highest BCUT2D eigenvalue weighted by atomic mass is 32.2. The molecule has 0 fully saturated rings. The fourth-order valence-electron chi connectivity index (χ4n) is 2.21. The smallest absolute Gasteiger partial charge is 0.244 e. The van der Waals surface area contributed by atoms with Gasteiger partial charge in [0, 0.05) is 17.3 Å². The molecular weight excluding hydrogens is 276 g/mol. The van der Waals surface area contributed by atoms with Crippen molar-refractivity contribution < 1.29 is 13.2 Å². The quantitative estimate of drug-likeness (QED) is 0.758. The van der Waals surface area contributed by atoms with E-state index in [0.717, 1.165) is 19.3 Å². The van der Waals surface area contributed by atoms with Gasteiger partial charge < -0.3 is 10.5 Å². The molecule has 114 valence electrons. The van der Waals surface area contributed by atoms with Crippen molar-refractivity contribution in [3.05, 3.63) is 18.2 Å². The Morgan fingerprint density at radius 1 is 1.20 bits per heavy atom. The fraction of sp³-hybridized carbons (Fsp3) is 0.571. The van der Waals surface area contributed by atoms with E-state index < -0.39 is 15.6 Å². The minimum Gasteiger partial charge on any atom is -0.495 e. The molecule has 6 heteroatoms. The lowest BCUT2D eigenvalue weighted by Gasteiger charge is -2.31. The third kappa shape index (κ3) is 3.43. The molecule has 0 heterocycles. The highest BCUT2D eigenvalue weighted by Gasteiger charge is 2.31. The zero-order chi connectivity index (χ0) is 15.4. The highest BCUT2D eigenvalue weighted by Crippen LogP contribution is 2.29. The SMILES string of the molecule is CCC(CC)(CC)NS(=O)(=O)c1ccc(N)cc1OC. The molecule has 0 aliphatic heterocycles. The minimum absolute atomic E-state index is 0.119. The molecule has 0 saturated heterocycles. The summed E-state index contributed by atoms with van der Waals surface area (Å²) in [5.41, 5.74) is 5.70. The lowest BCUT2D eigenvalue weighted by atomic mass is 9.91. The second-order valence-electron chi connectivity index (χ2n) is 4.86. The number of benzene rings is 1. The van der Waals surface area contributed by atoms with Crippen LogP contribution in [0.15, 0.2) is 23.1 Å². The number of ether oxygens (including phenoxy) is 1. The van der Waals surface area contributed by atoms with Gasteiger partial charge in [0.15, 0.2) is 0 Å². The van der Waals surface area contributed by atoms with Crippen LogP contribution >= 0.6 is 0 Å². The number of nitrogen functional groups attached to an aromatic ring is 1. The van der Waals surface area contributed by atoms with E-state index in [1.165, 1.54) is 19.2 Å². The average molecular weight is 300 g/mol. The van der Waals surface area contributed by atoms with Gasteiger partial charge in [0.05, 0.1) is 7.11 Å². The Bertz CT molecular complexity index is 543. The van der Waals surface area contributed by atoms with E-state index in [1.807, 2.05) is 20.8 Å². The third-order valence-electron chi connectivity index (χ3n) is 3.86. The first kappa shape index (κ1) is 16.8. The lowest BCUT2D eigenvalue weighted by Crippen LogP contribution is -2.47. The van der Waals surface area contributed by atoms with Crippen LogP contribution in [-0.4, -0.2) is 21.1 Å².